The molecule has 0 radical (unpaired) electrons. The molecule has 84 valence electrons. The van der Waals surface area contributed by atoms with E-state index in [4.69, 9.17) is 4.74 Å². The third kappa shape index (κ3) is 2.05. The Bertz CT molecular complexity index is 408. The summed E-state index contributed by atoms with van der Waals surface area (Å²) >= 11 is 0. The van der Waals surface area contributed by atoms with Crippen molar-refractivity contribution in [2.45, 2.75) is 18.8 Å². The van der Waals surface area contributed by atoms with Crippen LogP contribution in [0.1, 0.15) is 24.3 Å². The number of hydrogen-bond acceptors (Lipinski definition) is 4. The number of methoxy groups -OCH3 is 1. The Morgan fingerprint density at radius 2 is 1.94 bits per heavy atom. The lowest BCUT2D eigenvalue weighted by Crippen LogP contribution is -2.26. The van der Waals surface area contributed by atoms with Crippen LogP contribution in [0.4, 0.5) is 0 Å². The smallest absolute Gasteiger partial charge is 0.321 e. The molecule has 0 bridgehead atoms. The minimum Gasteiger partial charge on any atom is -0.497 e. The van der Waals surface area contributed by atoms with Crippen LogP contribution in [0.5, 0.6) is 5.75 Å². The first-order chi connectivity index (χ1) is 7.70. The van der Waals surface area contributed by atoms with Gasteiger partial charge in [-0.1, -0.05) is 12.1 Å². The summed E-state index contributed by atoms with van der Waals surface area (Å²) in [5.74, 6) is -0.483. The van der Waals surface area contributed by atoms with Crippen LogP contribution in [-0.4, -0.2) is 19.0 Å². The van der Waals surface area contributed by atoms with Crippen LogP contribution in [0.2, 0.25) is 0 Å². The molecule has 4 nitrogen and oxygen atoms in total. The third-order valence-electron chi connectivity index (χ3n) is 2.65. The molecule has 1 aromatic rings. The van der Waals surface area contributed by atoms with Crippen molar-refractivity contribution < 1.29 is 19.1 Å². The second-order valence-electron chi connectivity index (χ2n) is 3.66. The number of benzene rings is 1. The van der Waals surface area contributed by atoms with Crippen molar-refractivity contribution in [3.63, 3.8) is 0 Å². The first kappa shape index (κ1) is 10.7. The van der Waals surface area contributed by atoms with E-state index >= 15 is 0 Å². The molecule has 1 aliphatic rings. The Morgan fingerprint density at radius 1 is 1.25 bits per heavy atom. The minimum absolute atomic E-state index is 0.294. The van der Waals surface area contributed by atoms with Crippen molar-refractivity contribution in [3.8, 4) is 5.75 Å². The van der Waals surface area contributed by atoms with Crippen molar-refractivity contribution in [1.29, 1.82) is 0 Å². The Balaban J connectivity index is 2.17. The van der Waals surface area contributed by atoms with Gasteiger partial charge in [0.1, 0.15) is 5.75 Å². The zero-order chi connectivity index (χ0) is 11.5. The summed E-state index contributed by atoms with van der Waals surface area (Å²) in [7, 11) is 1.59. The zero-order valence-electron chi connectivity index (χ0n) is 8.93. The van der Waals surface area contributed by atoms with E-state index in [0.29, 0.717) is 12.8 Å². The lowest BCUT2D eigenvalue weighted by atomic mass is 9.93. The minimum atomic E-state index is -0.457. The Hall–Kier alpha value is -1.84. The van der Waals surface area contributed by atoms with E-state index in [1.807, 2.05) is 12.1 Å². The van der Waals surface area contributed by atoms with Crippen molar-refractivity contribution in [3.05, 3.63) is 29.8 Å². The summed E-state index contributed by atoms with van der Waals surface area (Å²) in [6.45, 7) is 0. The lowest BCUT2D eigenvalue weighted by Gasteiger charge is -2.19. The maximum atomic E-state index is 11.5. The van der Waals surface area contributed by atoms with Gasteiger partial charge in [0.05, 0.1) is 13.0 Å². The Morgan fingerprint density at radius 3 is 2.50 bits per heavy atom. The molecule has 0 aliphatic carbocycles. The van der Waals surface area contributed by atoms with Crippen LogP contribution < -0.4 is 4.74 Å². The van der Waals surface area contributed by atoms with E-state index in [0.717, 1.165) is 11.3 Å². The van der Waals surface area contributed by atoms with Crippen molar-refractivity contribution in [1.82, 2.24) is 0 Å². The molecule has 0 amide bonds. The summed E-state index contributed by atoms with van der Waals surface area (Å²) in [6.07, 6.45) is 0.812. The highest BCUT2D eigenvalue weighted by atomic mass is 16.6. The SMILES string of the molecule is COc1ccc(C2CCC(=O)OC2=O)cc1. The topological polar surface area (TPSA) is 52.6 Å². The molecule has 1 aliphatic heterocycles. The molecule has 16 heavy (non-hydrogen) atoms. The molecule has 0 aromatic heterocycles. The van der Waals surface area contributed by atoms with Crippen LogP contribution in [-0.2, 0) is 14.3 Å². The van der Waals surface area contributed by atoms with Gasteiger partial charge in [0.15, 0.2) is 0 Å². The van der Waals surface area contributed by atoms with E-state index < -0.39 is 11.9 Å². The average molecular weight is 220 g/mol. The average Bonchev–Trinajstić information content (AvgIpc) is 2.29. The van der Waals surface area contributed by atoms with Gasteiger partial charge in [0.2, 0.25) is 0 Å². The molecule has 4 heteroatoms. The van der Waals surface area contributed by atoms with Gasteiger partial charge < -0.3 is 9.47 Å². The molecule has 0 N–H and O–H groups in total. The van der Waals surface area contributed by atoms with Gasteiger partial charge in [0.25, 0.3) is 0 Å². The van der Waals surface area contributed by atoms with E-state index in [-0.39, 0.29) is 5.92 Å². The Labute approximate surface area is 93.2 Å². The van der Waals surface area contributed by atoms with Crippen LogP contribution in [0, 0.1) is 0 Å². The molecule has 1 heterocycles. The summed E-state index contributed by atoms with van der Waals surface area (Å²) in [6, 6.07) is 7.22. The number of rotatable bonds is 2. The molecule has 1 fully saturated rings. The molecule has 0 spiro atoms. The normalized spacial score (nSPS) is 20.4. The number of carbonyl (C=O) groups excluding carboxylic acids is 2. The number of hydrogen-bond donors (Lipinski definition) is 0. The molecule has 0 saturated carbocycles. The quantitative estimate of drug-likeness (QED) is 0.561. The fraction of sp³-hybridized carbons (Fsp3) is 0.333. The van der Waals surface area contributed by atoms with Crippen LogP contribution >= 0.6 is 0 Å². The van der Waals surface area contributed by atoms with Gasteiger partial charge in [-0.25, -0.2) is 0 Å². The molecule has 2 rings (SSSR count). The second kappa shape index (κ2) is 4.35. The first-order valence-corrected chi connectivity index (χ1v) is 5.09. The third-order valence-corrected chi connectivity index (χ3v) is 2.65. The zero-order valence-corrected chi connectivity index (χ0v) is 8.93. The molecule has 1 atom stereocenters. The predicted octanol–water partition coefficient (Wildman–Crippen LogP) is 1.64. The summed E-state index contributed by atoms with van der Waals surface area (Å²) in [4.78, 5) is 22.4. The lowest BCUT2D eigenvalue weighted by molar-refractivity contribution is -0.164. The second-order valence-corrected chi connectivity index (χ2v) is 3.66. The van der Waals surface area contributed by atoms with Gasteiger partial charge in [-0.15, -0.1) is 0 Å². The van der Waals surface area contributed by atoms with Gasteiger partial charge in [-0.2, -0.15) is 0 Å². The highest BCUT2D eigenvalue weighted by Gasteiger charge is 2.30. The highest BCUT2D eigenvalue weighted by Crippen LogP contribution is 2.28. The van der Waals surface area contributed by atoms with Crippen molar-refractivity contribution in [2.24, 2.45) is 0 Å². The standard InChI is InChI=1S/C12H12O4/c1-15-9-4-2-8(3-5-9)10-6-7-11(13)16-12(10)14/h2-5,10H,6-7H2,1H3. The summed E-state index contributed by atoms with van der Waals surface area (Å²) in [5.41, 5.74) is 0.860. The number of esters is 2. The fourth-order valence-electron chi connectivity index (χ4n) is 1.75. The van der Waals surface area contributed by atoms with Gasteiger partial charge in [-0.3, -0.25) is 9.59 Å². The largest absolute Gasteiger partial charge is 0.497 e. The highest BCUT2D eigenvalue weighted by molar-refractivity contribution is 5.92. The van der Waals surface area contributed by atoms with E-state index in [1.165, 1.54) is 0 Å². The first-order valence-electron chi connectivity index (χ1n) is 5.09. The number of ether oxygens (including phenoxy) is 2. The summed E-state index contributed by atoms with van der Waals surface area (Å²) in [5, 5.41) is 0. The van der Waals surface area contributed by atoms with E-state index in [2.05, 4.69) is 4.74 Å². The molecule has 1 unspecified atom stereocenters. The summed E-state index contributed by atoms with van der Waals surface area (Å²) < 4.78 is 9.63. The Kier molecular flexibility index (Phi) is 2.90. The molecule has 1 aromatic carbocycles. The monoisotopic (exact) mass is 220 g/mol. The van der Waals surface area contributed by atoms with E-state index in [9.17, 15) is 9.59 Å². The molecule has 1 saturated heterocycles. The van der Waals surface area contributed by atoms with Gasteiger partial charge in [-0.05, 0) is 24.1 Å². The molecular weight excluding hydrogens is 208 g/mol. The number of cyclic esters (lactones) is 2. The van der Waals surface area contributed by atoms with Crippen molar-refractivity contribution >= 4 is 11.9 Å². The molecular formula is C12H12O4. The van der Waals surface area contributed by atoms with Crippen LogP contribution in [0.3, 0.4) is 0 Å². The number of carbonyl (C=O) groups is 2. The van der Waals surface area contributed by atoms with Gasteiger partial charge >= 0.3 is 11.9 Å². The predicted molar refractivity (Wildman–Crippen MR) is 56.1 cm³/mol. The van der Waals surface area contributed by atoms with Crippen molar-refractivity contribution in [2.75, 3.05) is 7.11 Å². The fourth-order valence-corrected chi connectivity index (χ4v) is 1.75. The maximum absolute atomic E-state index is 11.5. The van der Waals surface area contributed by atoms with Gasteiger partial charge in [0, 0.05) is 6.42 Å². The van der Waals surface area contributed by atoms with Crippen LogP contribution in [0.25, 0.3) is 0 Å². The van der Waals surface area contributed by atoms with Crippen LogP contribution in [0.15, 0.2) is 24.3 Å². The maximum Gasteiger partial charge on any atom is 0.321 e. The van der Waals surface area contributed by atoms with E-state index in [1.54, 1.807) is 19.2 Å².